The minimum atomic E-state index is -0.387. The zero-order chi connectivity index (χ0) is 8.27. The van der Waals surface area contributed by atoms with Crippen LogP contribution in [0.1, 0.15) is 12.8 Å². The summed E-state index contributed by atoms with van der Waals surface area (Å²) in [5.74, 6) is 0.425. The Labute approximate surface area is 66.6 Å². The lowest BCUT2D eigenvalue weighted by atomic mass is 10.1. The highest BCUT2D eigenvalue weighted by Gasteiger charge is 2.31. The second kappa shape index (κ2) is 3.53. The molecule has 1 fully saturated rings. The summed E-state index contributed by atoms with van der Waals surface area (Å²) in [7, 11) is 1.76. The normalized spacial score (nSPS) is 21.1. The van der Waals surface area contributed by atoms with Crippen LogP contribution in [0.4, 0.5) is 0 Å². The second-order valence-corrected chi connectivity index (χ2v) is 2.82. The van der Waals surface area contributed by atoms with E-state index in [2.05, 4.69) is 5.32 Å². The number of likely N-dealkylation sites (N-methyl/N-ethyl adjacent to an activating group) is 1. The van der Waals surface area contributed by atoms with Gasteiger partial charge in [0, 0.05) is 19.0 Å². The van der Waals surface area contributed by atoms with E-state index in [1.165, 1.54) is 6.21 Å². The molecule has 0 aromatic heterocycles. The molecule has 3 nitrogen and oxygen atoms in total. The Kier molecular flexibility index (Phi) is 2.65. The zero-order valence-corrected chi connectivity index (χ0v) is 6.67. The highest BCUT2D eigenvalue weighted by Crippen LogP contribution is 2.34. The largest absolute Gasteiger partial charge is 0.389 e. The van der Waals surface area contributed by atoms with Gasteiger partial charge < -0.3 is 15.8 Å². The fourth-order valence-corrected chi connectivity index (χ4v) is 1.09. The number of aliphatic hydroxyl groups excluding tert-OH is 1. The summed E-state index contributed by atoms with van der Waals surface area (Å²) in [5, 5.41) is 19.3. The Morgan fingerprint density at radius 1 is 1.73 bits per heavy atom. The maximum Gasteiger partial charge on any atom is 0.0962 e. The van der Waals surface area contributed by atoms with E-state index in [1.54, 1.807) is 13.1 Å². The van der Waals surface area contributed by atoms with E-state index in [0.29, 0.717) is 5.92 Å². The van der Waals surface area contributed by atoms with Gasteiger partial charge in [-0.15, -0.1) is 0 Å². The topological polar surface area (TPSA) is 56.1 Å². The first-order chi connectivity index (χ1) is 5.29. The molecule has 1 aliphatic rings. The molecule has 0 saturated heterocycles. The van der Waals surface area contributed by atoms with Crippen molar-refractivity contribution in [2.45, 2.75) is 18.9 Å². The van der Waals surface area contributed by atoms with E-state index in [-0.39, 0.29) is 6.10 Å². The molecule has 62 valence electrons. The Morgan fingerprint density at radius 2 is 2.36 bits per heavy atom. The fraction of sp³-hybridized carbons (Fsp3) is 0.625. The summed E-state index contributed by atoms with van der Waals surface area (Å²) >= 11 is 0. The van der Waals surface area contributed by atoms with Crippen molar-refractivity contribution in [1.82, 2.24) is 5.32 Å². The number of allylic oxidation sites excluding steroid dienone is 1. The summed E-state index contributed by atoms with van der Waals surface area (Å²) in [5.41, 5.74) is 0.752. The summed E-state index contributed by atoms with van der Waals surface area (Å²) < 4.78 is 0. The second-order valence-electron chi connectivity index (χ2n) is 2.82. The minimum Gasteiger partial charge on any atom is -0.389 e. The monoisotopic (exact) mass is 154 g/mol. The molecule has 0 aromatic carbocycles. The molecule has 0 bridgehead atoms. The smallest absolute Gasteiger partial charge is 0.0962 e. The molecule has 0 amide bonds. The quantitative estimate of drug-likeness (QED) is 0.517. The van der Waals surface area contributed by atoms with E-state index in [4.69, 9.17) is 5.41 Å². The van der Waals surface area contributed by atoms with Crippen LogP contribution < -0.4 is 5.32 Å². The first-order valence-electron chi connectivity index (χ1n) is 3.86. The maximum absolute atomic E-state index is 9.55. The van der Waals surface area contributed by atoms with E-state index in [0.717, 1.165) is 18.5 Å². The predicted octanol–water partition coefficient (Wildman–Crippen LogP) is 0.510. The van der Waals surface area contributed by atoms with Crippen molar-refractivity contribution in [1.29, 1.82) is 5.41 Å². The zero-order valence-electron chi connectivity index (χ0n) is 6.67. The van der Waals surface area contributed by atoms with Crippen molar-refractivity contribution in [2.24, 2.45) is 5.92 Å². The molecule has 0 aliphatic heterocycles. The van der Waals surface area contributed by atoms with Crippen LogP contribution in [0.3, 0.4) is 0 Å². The van der Waals surface area contributed by atoms with Crippen LogP contribution in [0.25, 0.3) is 0 Å². The van der Waals surface area contributed by atoms with Gasteiger partial charge >= 0.3 is 0 Å². The van der Waals surface area contributed by atoms with E-state index < -0.39 is 0 Å². The third-order valence-electron chi connectivity index (χ3n) is 1.94. The first-order valence-corrected chi connectivity index (χ1v) is 3.86. The van der Waals surface area contributed by atoms with Crippen LogP contribution in [0, 0.1) is 11.3 Å². The molecule has 1 unspecified atom stereocenters. The number of rotatable bonds is 4. The summed E-state index contributed by atoms with van der Waals surface area (Å²) in [6.07, 6.45) is 4.62. The number of hydrogen-bond donors (Lipinski definition) is 3. The van der Waals surface area contributed by atoms with Crippen molar-refractivity contribution >= 4 is 6.21 Å². The lowest BCUT2D eigenvalue weighted by Crippen LogP contribution is -2.22. The van der Waals surface area contributed by atoms with Crippen molar-refractivity contribution in [3.8, 4) is 0 Å². The Balaban J connectivity index is 2.51. The predicted molar refractivity (Wildman–Crippen MR) is 44.7 cm³/mol. The highest BCUT2D eigenvalue weighted by molar-refractivity contribution is 5.69. The van der Waals surface area contributed by atoms with Crippen molar-refractivity contribution < 1.29 is 5.11 Å². The number of aliphatic hydroxyl groups is 1. The third kappa shape index (κ3) is 2.05. The van der Waals surface area contributed by atoms with Crippen LogP contribution in [0.15, 0.2) is 11.8 Å². The lowest BCUT2D eigenvalue weighted by Gasteiger charge is -2.12. The molecule has 3 heteroatoms. The summed E-state index contributed by atoms with van der Waals surface area (Å²) in [4.78, 5) is 0. The van der Waals surface area contributed by atoms with Gasteiger partial charge in [0.05, 0.1) is 6.10 Å². The van der Waals surface area contributed by atoms with Gasteiger partial charge in [-0.25, -0.2) is 0 Å². The van der Waals surface area contributed by atoms with Gasteiger partial charge in [0.25, 0.3) is 0 Å². The molecule has 1 saturated carbocycles. The maximum atomic E-state index is 9.55. The van der Waals surface area contributed by atoms with Crippen LogP contribution in [-0.4, -0.2) is 24.5 Å². The van der Waals surface area contributed by atoms with Crippen LogP contribution in [0.2, 0.25) is 0 Å². The summed E-state index contributed by atoms with van der Waals surface area (Å²) in [6.45, 7) is 0. The van der Waals surface area contributed by atoms with Gasteiger partial charge in [-0.2, -0.15) is 0 Å². The number of nitrogens with one attached hydrogen (secondary N) is 2. The molecule has 3 N–H and O–H groups in total. The standard InChI is InChI=1S/C8H14N2O/c1-10-7(4-5-9)8(11)6-2-3-6/h4-6,8-11H,2-3H2,1H3/b7-4-,9-5?. The van der Waals surface area contributed by atoms with E-state index in [1.807, 2.05) is 0 Å². The third-order valence-corrected chi connectivity index (χ3v) is 1.94. The summed E-state index contributed by atoms with van der Waals surface area (Å²) in [6, 6.07) is 0. The van der Waals surface area contributed by atoms with Crippen molar-refractivity contribution in [3.05, 3.63) is 11.8 Å². The lowest BCUT2D eigenvalue weighted by molar-refractivity contribution is 0.181. The van der Waals surface area contributed by atoms with E-state index in [9.17, 15) is 5.11 Å². The van der Waals surface area contributed by atoms with Crippen LogP contribution >= 0.6 is 0 Å². The van der Waals surface area contributed by atoms with Gasteiger partial charge in [0.15, 0.2) is 0 Å². The SMILES string of the molecule is CN/C(=C\C=N)C(O)C1CC1. The minimum absolute atomic E-state index is 0.387. The Morgan fingerprint density at radius 3 is 2.73 bits per heavy atom. The van der Waals surface area contributed by atoms with Gasteiger partial charge in [-0.3, -0.25) is 0 Å². The number of hydrogen-bond acceptors (Lipinski definition) is 3. The molecular weight excluding hydrogens is 140 g/mol. The molecule has 0 aromatic rings. The molecule has 0 spiro atoms. The highest BCUT2D eigenvalue weighted by atomic mass is 16.3. The van der Waals surface area contributed by atoms with Crippen molar-refractivity contribution in [3.63, 3.8) is 0 Å². The molecule has 1 atom stereocenters. The van der Waals surface area contributed by atoms with Gasteiger partial charge in [-0.05, 0) is 24.8 Å². The molecule has 1 aliphatic carbocycles. The fourth-order valence-electron chi connectivity index (χ4n) is 1.09. The molecule has 11 heavy (non-hydrogen) atoms. The van der Waals surface area contributed by atoms with Crippen LogP contribution in [0.5, 0.6) is 0 Å². The average Bonchev–Trinajstić information content (AvgIpc) is 2.81. The first kappa shape index (κ1) is 8.27. The van der Waals surface area contributed by atoms with E-state index >= 15 is 0 Å². The van der Waals surface area contributed by atoms with Gasteiger partial charge in [-0.1, -0.05) is 0 Å². The van der Waals surface area contributed by atoms with Crippen LogP contribution in [-0.2, 0) is 0 Å². The average molecular weight is 154 g/mol. The van der Waals surface area contributed by atoms with Crippen molar-refractivity contribution in [2.75, 3.05) is 7.05 Å². The molecular formula is C8H14N2O. The molecule has 1 rings (SSSR count). The Hall–Kier alpha value is -0.830. The Bertz CT molecular complexity index is 173. The molecule has 0 heterocycles. The van der Waals surface area contributed by atoms with Gasteiger partial charge in [0.2, 0.25) is 0 Å². The molecule has 0 radical (unpaired) electrons. The van der Waals surface area contributed by atoms with Gasteiger partial charge in [0.1, 0.15) is 0 Å².